The Morgan fingerprint density at radius 2 is 2.21 bits per heavy atom. The van der Waals surface area contributed by atoms with Crippen molar-refractivity contribution in [1.82, 2.24) is 4.90 Å². The number of halogens is 2. The molecular formula is C10H11Br2NO. The van der Waals surface area contributed by atoms with Gasteiger partial charge in [0.05, 0.1) is 0 Å². The molecule has 14 heavy (non-hydrogen) atoms. The van der Waals surface area contributed by atoms with Crippen LogP contribution in [0.4, 0.5) is 4.79 Å². The van der Waals surface area contributed by atoms with E-state index in [0.717, 1.165) is 17.4 Å². The number of hydrogen-bond donors (Lipinski definition) is 0. The minimum Gasteiger partial charge on any atom is -0.336 e. The van der Waals surface area contributed by atoms with Crippen molar-refractivity contribution in [2.24, 2.45) is 0 Å². The third kappa shape index (κ3) is 3.80. The highest BCUT2D eigenvalue weighted by Gasteiger charge is 2.03. The third-order valence-corrected chi connectivity index (χ3v) is 3.02. The molecule has 0 spiro atoms. The summed E-state index contributed by atoms with van der Waals surface area (Å²) in [6, 6.07) is 8.10. The molecule has 0 unspecified atom stereocenters. The van der Waals surface area contributed by atoms with Crippen LogP contribution in [0.25, 0.3) is 0 Å². The first-order valence-electron chi connectivity index (χ1n) is 4.24. The Bertz CT molecular complexity index is 328. The fourth-order valence-corrected chi connectivity index (χ4v) is 1.70. The fourth-order valence-electron chi connectivity index (χ4n) is 1.08. The molecule has 1 rings (SSSR count). The molecule has 1 aromatic carbocycles. The Morgan fingerprint density at radius 1 is 1.50 bits per heavy atom. The summed E-state index contributed by atoms with van der Waals surface area (Å²) in [4.78, 5) is 12.4. The van der Waals surface area contributed by atoms with Gasteiger partial charge in [-0.1, -0.05) is 28.1 Å². The summed E-state index contributed by atoms with van der Waals surface area (Å²) in [7, 11) is 1.77. The summed E-state index contributed by atoms with van der Waals surface area (Å²) in [6.07, 6.45) is 0.868. The van der Waals surface area contributed by atoms with Gasteiger partial charge < -0.3 is 4.90 Å². The van der Waals surface area contributed by atoms with Gasteiger partial charge in [0, 0.05) is 34.0 Å². The highest BCUT2D eigenvalue weighted by Crippen LogP contribution is 2.12. The van der Waals surface area contributed by atoms with Crippen LogP contribution in [-0.4, -0.2) is 23.3 Å². The van der Waals surface area contributed by atoms with Crippen molar-refractivity contribution in [2.45, 2.75) is 6.42 Å². The Kier molecular flexibility index (Phi) is 4.62. The van der Waals surface area contributed by atoms with E-state index in [-0.39, 0.29) is 4.82 Å². The average Bonchev–Trinajstić information content (AvgIpc) is 2.14. The van der Waals surface area contributed by atoms with Gasteiger partial charge in [0.25, 0.3) is 4.82 Å². The lowest BCUT2D eigenvalue weighted by molar-refractivity contribution is 0.235. The number of carbonyl (C=O) groups excluding carboxylic acids is 1. The lowest BCUT2D eigenvalue weighted by Crippen LogP contribution is -2.23. The molecule has 0 saturated carbocycles. The largest absolute Gasteiger partial charge is 0.336 e. The van der Waals surface area contributed by atoms with E-state index in [0.29, 0.717) is 0 Å². The van der Waals surface area contributed by atoms with Crippen molar-refractivity contribution in [3.8, 4) is 0 Å². The molecule has 76 valence electrons. The predicted molar refractivity (Wildman–Crippen MR) is 64.8 cm³/mol. The van der Waals surface area contributed by atoms with Gasteiger partial charge in [-0.25, -0.2) is 0 Å². The lowest BCUT2D eigenvalue weighted by Gasteiger charge is -2.13. The molecular weight excluding hydrogens is 310 g/mol. The van der Waals surface area contributed by atoms with Crippen LogP contribution in [0.15, 0.2) is 28.7 Å². The molecule has 0 aliphatic carbocycles. The van der Waals surface area contributed by atoms with Gasteiger partial charge >= 0.3 is 0 Å². The number of benzene rings is 1. The monoisotopic (exact) mass is 319 g/mol. The highest BCUT2D eigenvalue weighted by molar-refractivity contribution is 9.18. The smallest absolute Gasteiger partial charge is 0.289 e. The summed E-state index contributed by atoms with van der Waals surface area (Å²) >= 11 is 6.31. The topological polar surface area (TPSA) is 20.3 Å². The van der Waals surface area contributed by atoms with Crippen LogP contribution < -0.4 is 0 Å². The first-order valence-corrected chi connectivity index (χ1v) is 5.83. The fraction of sp³-hybridized carbons (Fsp3) is 0.300. The van der Waals surface area contributed by atoms with E-state index >= 15 is 0 Å². The summed E-state index contributed by atoms with van der Waals surface area (Å²) < 4.78 is 1.07. The van der Waals surface area contributed by atoms with E-state index in [2.05, 4.69) is 44.0 Å². The van der Waals surface area contributed by atoms with Gasteiger partial charge in [-0.15, -0.1) is 0 Å². The van der Waals surface area contributed by atoms with Crippen molar-refractivity contribution in [1.29, 1.82) is 0 Å². The Balaban J connectivity index is 2.49. The molecule has 0 N–H and O–H groups in total. The first kappa shape index (κ1) is 11.7. The van der Waals surface area contributed by atoms with Crippen molar-refractivity contribution in [2.75, 3.05) is 13.6 Å². The minimum atomic E-state index is -0.0764. The quantitative estimate of drug-likeness (QED) is 0.617. The maximum Gasteiger partial charge on any atom is 0.289 e. The van der Waals surface area contributed by atoms with Gasteiger partial charge in [-0.2, -0.15) is 0 Å². The summed E-state index contributed by atoms with van der Waals surface area (Å²) in [6.45, 7) is 0.723. The zero-order chi connectivity index (χ0) is 10.6. The second kappa shape index (κ2) is 5.51. The van der Waals surface area contributed by atoms with E-state index in [1.165, 1.54) is 5.56 Å². The second-order valence-corrected chi connectivity index (χ2v) is 4.65. The zero-order valence-electron chi connectivity index (χ0n) is 7.84. The molecule has 0 aromatic heterocycles. The van der Waals surface area contributed by atoms with Crippen molar-refractivity contribution in [3.63, 3.8) is 0 Å². The summed E-state index contributed by atoms with van der Waals surface area (Å²) in [5.74, 6) is 0. The minimum absolute atomic E-state index is 0.0764. The molecule has 0 atom stereocenters. The van der Waals surface area contributed by atoms with Crippen LogP contribution in [0, 0.1) is 0 Å². The Hall–Kier alpha value is -0.350. The van der Waals surface area contributed by atoms with E-state index in [4.69, 9.17) is 0 Å². The molecule has 4 heteroatoms. The van der Waals surface area contributed by atoms with Crippen LogP contribution in [0.2, 0.25) is 0 Å². The molecule has 0 aliphatic heterocycles. The highest BCUT2D eigenvalue weighted by atomic mass is 79.9. The predicted octanol–water partition coefficient (Wildman–Crippen LogP) is 3.44. The maximum atomic E-state index is 10.9. The standard InChI is InChI=1S/C10H11Br2NO/c1-13(10(12)14)6-5-8-3-2-4-9(11)7-8/h2-4,7H,5-6H2,1H3. The number of carbonyl (C=O) groups is 1. The van der Waals surface area contributed by atoms with Gasteiger partial charge in [-0.3, -0.25) is 4.79 Å². The molecule has 0 bridgehead atoms. The van der Waals surface area contributed by atoms with Crippen molar-refractivity contribution >= 4 is 36.7 Å². The molecule has 1 amide bonds. The SMILES string of the molecule is CN(CCc1cccc(Br)c1)C(=O)Br. The Labute approximate surface area is 101 Å². The van der Waals surface area contributed by atoms with Crippen molar-refractivity contribution < 1.29 is 4.79 Å². The summed E-state index contributed by atoms with van der Waals surface area (Å²) in [5, 5.41) is 0. The Morgan fingerprint density at radius 3 is 2.79 bits per heavy atom. The maximum absolute atomic E-state index is 10.9. The second-order valence-electron chi connectivity index (χ2n) is 3.05. The molecule has 0 saturated heterocycles. The molecule has 0 heterocycles. The number of rotatable bonds is 3. The van der Waals surface area contributed by atoms with Gasteiger partial charge in [0.15, 0.2) is 0 Å². The number of likely N-dealkylation sites (N-methyl/N-ethyl adjacent to an activating group) is 1. The molecule has 1 aromatic rings. The summed E-state index contributed by atoms with van der Waals surface area (Å²) in [5.41, 5.74) is 1.22. The number of nitrogens with zero attached hydrogens (tertiary/aromatic N) is 1. The van der Waals surface area contributed by atoms with Crippen molar-refractivity contribution in [3.05, 3.63) is 34.3 Å². The lowest BCUT2D eigenvalue weighted by atomic mass is 10.1. The zero-order valence-corrected chi connectivity index (χ0v) is 11.0. The van der Waals surface area contributed by atoms with Gasteiger partial charge in [0.1, 0.15) is 0 Å². The number of hydrogen-bond acceptors (Lipinski definition) is 1. The van der Waals surface area contributed by atoms with Crippen LogP contribution in [0.1, 0.15) is 5.56 Å². The van der Waals surface area contributed by atoms with E-state index in [1.54, 1.807) is 11.9 Å². The average molecular weight is 321 g/mol. The van der Waals surface area contributed by atoms with Crippen LogP contribution in [-0.2, 0) is 6.42 Å². The van der Waals surface area contributed by atoms with Crippen LogP contribution in [0.5, 0.6) is 0 Å². The van der Waals surface area contributed by atoms with E-state index in [9.17, 15) is 4.79 Å². The molecule has 0 aliphatic rings. The first-order chi connectivity index (χ1) is 6.59. The normalized spacial score (nSPS) is 9.93. The van der Waals surface area contributed by atoms with Gasteiger partial charge in [-0.05, 0) is 24.1 Å². The number of amides is 1. The molecule has 0 fully saturated rings. The van der Waals surface area contributed by atoms with Crippen LogP contribution in [0.3, 0.4) is 0 Å². The molecule has 0 radical (unpaired) electrons. The van der Waals surface area contributed by atoms with E-state index < -0.39 is 0 Å². The van der Waals surface area contributed by atoms with Gasteiger partial charge in [0.2, 0.25) is 0 Å². The van der Waals surface area contributed by atoms with Crippen LogP contribution >= 0.6 is 31.9 Å². The third-order valence-electron chi connectivity index (χ3n) is 1.93. The molecule has 2 nitrogen and oxygen atoms in total. The van der Waals surface area contributed by atoms with E-state index in [1.807, 2.05) is 12.1 Å².